The molecule has 13 heteroatoms. The first-order valence-electron chi connectivity index (χ1n) is 9.21. The molecule has 3 rings (SSSR count). The molecule has 174 valence electrons. The minimum Gasteiger partial charge on any atom is -0.495 e. The van der Waals surface area contributed by atoms with Crippen LogP contribution in [0.25, 0.3) is 10.1 Å². The van der Waals surface area contributed by atoms with Crippen LogP contribution in [0, 0.1) is 0 Å². The lowest BCUT2D eigenvalue weighted by molar-refractivity contribution is -0.146. The summed E-state index contributed by atoms with van der Waals surface area (Å²) in [5.41, 5.74) is 0.105. The Bertz CT molecular complexity index is 1340. The normalized spacial score (nSPS) is 11.1. The Balaban J connectivity index is 1.52. The minimum atomic E-state index is -4.09. The van der Waals surface area contributed by atoms with Crippen LogP contribution in [0.3, 0.4) is 0 Å². The fraction of sp³-hybridized carbons (Fsp3) is 0.150. The van der Waals surface area contributed by atoms with Gasteiger partial charge in [-0.25, -0.2) is 13.6 Å². The highest BCUT2D eigenvalue weighted by Crippen LogP contribution is 2.34. The number of hydrogen-bond donors (Lipinski definition) is 3. The number of carbonyl (C=O) groups is 3. The molecular formula is C20H18ClN3O7S2. The summed E-state index contributed by atoms with van der Waals surface area (Å²) in [4.78, 5) is 36.2. The number of methoxy groups -OCH3 is 1. The van der Waals surface area contributed by atoms with E-state index in [9.17, 15) is 22.8 Å². The molecule has 0 saturated heterocycles. The second-order valence-corrected chi connectivity index (χ2v) is 9.50. The van der Waals surface area contributed by atoms with Crippen LogP contribution >= 0.6 is 22.9 Å². The van der Waals surface area contributed by atoms with E-state index < -0.39 is 41.0 Å². The maximum Gasteiger partial charge on any atom is 0.325 e. The number of rotatable bonds is 8. The predicted octanol–water partition coefficient (Wildman–Crippen LogP) is 2.12. The fourth-order valence-corrected chi connectivity index (χ4v) is 4.92. The van der Waals surface area contributed by atoms with Crippen LogP contribution in [0.1, 0.15) is 9.67 Å². The third kappa shape index (κ3) is 5.99. The summed E-state index contributed by atoms with van der Waals surface area (Å²) in [5.74, 6) is -2.11. The fourth-order valence-electron chi connectivity index (χ4n) is 2.76. The van der Waals surface area contributed by atoms with Crippen LogP contribution < -0.4 is 20.5 Å². The molecule has 0 radical (unpaired) electrons. The highest BCUT2D eigenvalue weighted by Gasteiger charge is 2.19. The van der Waals surface area contributed by atoms with Crippen LogP contribution in [-0.4, -0.2) is 46.5 Å². The van der Waals surface area contributed by atoms with E-state index in [1.807, 2.05) is 12.1 Å². The standard InChI is InChI=1S/C20H18ClN3O7S2/c1-30-13-7-6-11(8-15(13)33(22,28)29)24-16(25)10-31-17(26)9-23-20(27)19-18(21)12-4-2-3-5-14(12)32-19/h2-8H,9-10H2,1H3,(H,23,27)(H,24,25)(H2,22,28,29). The quantitative estimate of drug-likeness (QED) is 0.391. The van der Waals surface area contributed by atoms with Gasteiger partial charge < -0.3 is 20.1 Å². The van der Waals surface area contributed by atoms with Gasteiger partial charge in [0.1, 0.15) is 22.1 Å². The van der Waals surface area contributed by atoms with Gasteiger partial charge in [-0.15, -0.1) is 11.3 Å². The Hall–Kier alpha value is -3.19. The summed E-state index contributed by atoms with van der Waals surface area (Å²) in [6.45, 7) is -1.14. The molecular weight excluding hydrogens is 494 g/mol. The lowest BCUT2D eigenvalue weighted by Gasteiger charge is -2.10. The Kier molecular flexibility index (Phi) is 7.53. The highest BCUT2D eigenvalue weighted by molar-refractivity contribution is 7.89. The number of halogens is 1. The summed E-state index contributed by atoms with van der Waals surface area (Å²) in [7, 11) is -2.82. The van der Waals surface area contributed by atoms with Gasteiger partial charge in [0.05, 0.1) is 12.1 Å². The molecule has 0 unspecified atom stereocenters. The SMILES string of the molecule is COc1ccc(NC(=O)COC(=O)CNC(=O)c2sc3ccccc3c2Cl)cc1S(N)(=O)=O. The number of primary sulfonamides is 1. The van der Waals surface area contributed by atoms with E-state index in [2.05, 4.69) is 10.6 Å². The van der Waals surface area contributed by atoms with Gasteiger partial charge in [0.2, 0.25) is 10.0 Å². The zero-order valence-corrected chi connectivity index (χ0v) is 19.5. The van der Waals surface area contributed by atoms with Crippen molar-refractivity contribution in [1.29, 1.82) is 0 Å². The Morgan fingerprint density at radius 3 is 2.55 bits per heavy atom. The number of esters is 1. The van der Waals surface area contributed by atoms with E-state index in [1.165, 1.54) is 30.6 Å². The summed E-state index contributed by atoms with van der Waals surface area (Å²) in [5, 5.41) is 10.9. The Morgan fingerprint density at radius 1 is 1.15 bits per heavy atom. The van der Waals surface area contributed by atoms with Crippen LogP contribution in [-0.2, 0) is 24.3 Å². The van der Waals surface area contributed by atoms with Crippen molar-refractivity contribution in [2.75, 3.05) is 25.6 Å². The molecule has 33 heavy (non-hydrogen) atoms. The first-order valence-corrected chi connectivity index (χ1v) is 12.0. The van der Waals surface area contributed by atoms with Crippen LogP contribution in [0.15, 0.2) is 47.4 Å². The van der Waals surface area contributed by atoms with Crippen molar-refractivity contribution < 1.29 is 32.3 Å². The van der Waals surface area contributed by atoms with E-state index in [-0.39, 0.29) is 21.2 Å². The van der Waals surface area contributed by atoms with Crippen LogP contribution in [0.2, 0.25) is 5.02 Å². The molecule has 10 nitrogen and oxygen atoms in total. The average molecular weight is 512 g/mol. The molecule has 0 aliphatic rings. The third-order valence-corrected chi connectivity index (χ3v) is 6.86. The predicted molar refractivity (Wildman–Crippen MR) is 123 cm³/mol. The molecule has 2 amide bonds. The molecule has 0 bridgehead atoms. The molecule has 4 N–H and O–H groups in total. The number of nitrogens with two attached hydrogens (primary N) is 1. The van der Waals surface area contributed by atoms with Gasteiger partial charge >= 0.3 is 5.97 Å². The monoisotopic (exact) mass is 511 g/mol. The molecule has 1 aromatic heterocycles. The third-order valence-electron chi connectivity index (χ3n) is 4.25. The van der Waals surface area contributed by atoms with E-state index >= 15 is 0 Å². The number of benzene rings is 2. The maximum atomic E-state index is 12.3. The second-order valence-electron chi connectivity index (χ2n) is 6.54. The van der Waals surface area contributed by atoms with Crippen molar-refractivity contribution in [2.45, 2.75) is 4.90 Å². The molecule has 0 atom stereocenters. The van der Waals surface area contributed by atoms with Crippen molar-refractivity contribution >= 4 is 66.5 Å². The first-order chi connectivity index (χ1) is 15.6. The number of thiophene rings is 1. The van der Waals surface area contributed by atoms with Crippen LogP contribution in [0.4, 0.5) is 5.69 Å². The number of anilines is 1. The zero-order chi connectivity index (χ0) is 24.2. The number of nitrogens with one attached hydrogen (secondary N) is 2. The first kappa shape index (κ1) is 24.5. The van der Waals surface area contributed by atoms with E-state index in [0.29, 0.717) is 5.02 Å². The number of carbonyl (C=O) groups excluding carboxylic acids is 3. The lowest BCUT2D eigenvalue weighted by atomic mass is 10.2. The van der Waals surface area contributed by atoms with Crippen molar-refractivity contribution in [3.8, 4) is 5.75 Å². The summed E-state index contributed by atoms with van der Waals surface area (Å²) < 4.78 is 33.9. The number of amides is 2. The van der Waals surface area contributed by atoms with E-state index in [1.54, 1.807) is 12.1 Å². The lowest BCUT2D eigenvalue weighted by Crippen LogP contribution is -2.32. The molecule has 0 saturated carbocycles. The second kappa shape index (κ2) is 10.2. The Labute approximate surface area is 197 Å². The van der Waals surface area contributed by atoms with Gasteiger partial charge in [-0.3, -0.25) is 14.4 Å². The minimum absolute atomic E-state index is 0.0106. The van der Waals surface area contributed by atoms with E-state index in [4.69, 9.17) is 26.2 Å². The van der Waals surface area contributed by atoms with Crippen molar-refractivity contribution in [2.24, 2.45) is 5.14 Å². The summed E-state index contributed by atoms with van der Waals surface area (Å²) in [6.07, 6.45) is 0. The van der Waals surface area contributed by atoms with Crippen molar-refractivity contribution in [3.63, 3.8) is 0 Å². The molecule has 2 aromatic carbocycles. The van der Waals surface area contributed by atoms with Gasteiger partial charge in [0, 0.05) is 15.8 Å². The number of ether oxygens (including phenoxy) is 2. The van der Waals surface area contributed by atoms with E-state index in [0.717, 1.165) is 16.2 Å². The average Bonchev–Trinajstić information content (AvgIpc) is 3.12. The maximum absolute atomic E-state index is 12.3. The van der Waals surface area contributed by atoms with Gasteiger partial charge in [-0.05, 0) is 24.3 Å². The smallest absolute Gasteiger partial charge is 0.325 e. The molecule has 0 fully saturated rings. The Morgan fingerprint density at radius 2 is 1.88 bits per heavy atom. The topological polar surface area (TPSA) is 154 Å². The van der Waals surface area contributed by atoms with Gasteiger partial charge in [-0.2, -0.15) is 0 Å². The van der Waals surface area contributed by atoms with Crippen molar-refractivity contribution in [3.05, 3.63) is 52.4 Å². The molecule has 0 aliphatic heterocycles. The van der Waals surface area contributed by atoms with Gasteiger partial charge in [0.25, 0.3) is 11.8 Å². The molecule has 1 heterocycles. The van der Waals surface area contributed by atoms with Gasteiger partial charge in [0.15, 0.2) is 6.61 Å². The summed E-state index contributed by atoms with van der Waals surface area (Å²) in [6, 6.07) is 11.0. The highest BCUT2D eigenvalue weighted by atomic mass is 35.5. The largest absolute Gasteiger partial charge is 0.495 e. The molecule has 0 aliphatic carbocycles. The van der Waals surface area contributed by atoms with Crippen LogP contribution in [0.5, 0.6) is 5.75 Å². The van der Waals surface area contributed by atoms with Crippen molar-refractivity contribution in [1.82, 2.24) is 5.32 Å². The molecule has 3 aromatic rings. The number of fused-ring (bicyclic) bond motifs is 1. The number of sulfonamides is 1. The zero-order valence-electron chi connectivity index (χ0n) is 17.1. The summed E-state index contributed by atoms with van der Waals surface area (Å²) >= 11 is 7.42. The molecule has 0 spiro atoms. The van der Waals surface area contributed by atoms with Gasteiger partial charge in [-0.1, -0.05) is 29.8 Å². The number of hydrogen-bond acceptors (Lipinski definition) is 8.